The van der Waals surface area contributed by atoms with Gasteiger partial charge in [-0.15, -0.1) is 0 Å². The Kier molecular flexibility index (Phi) is 4.89. The number of alkyl halides is 3. The van der Waals surface area contributed by atoms with Crippen LogP contribution in [0.25, 0.3) is 0 Å². The molecule has 0 aliphatic rings. The van der Waals surface area contributed by atoms with Crippen LogP contribution < -0.4 is 11.1 Å². The SMILES string of the molecule is CC(CNC(=O)c1ccc(C(F)(F)F)cn1)/C(N)=N/O. The zero-order valence-corrected chi connectivity index (χ0v) is 10.5. The van der Waals surface area contributed by atoms with E-state index >= 15 is 0 Å². The summed E-state index contributed by atoms with van der Waals surface area (Å²) in [5, 5.41) is 13.6. The van der Waals surface area contributed by atoms with E-state index in [-0.39, 0.29) is 18.1 Å². The molecule has 20 heavy (non-hydrogen) atoms. The van der Waals surface area contributed by atoms with Gasteiger partial charge in [0, 0.05) is 18.7 Å². The first-order chi connectivity index (χ1) is 9.25. The van der Waals surface area contributed by atoms with Crippen LogP contribution in [-0.2, 0) is 6.18 Å². The molecule has 6 nitrogen and oxygen atoms in total. The fourth-order valence-electron chi connectivity index (χ4n) is 1.24. The molecule has 0 saturated heterocycles. The third-order valence-electron chi connectivity index (χ3n) is 2.51. The van der Waals surface area contributed by atoms with E-state index in [0.717, 1.165) is 12.1 Å². The monoisotopic (exact) mass is 290 g/mol. The van der Waals surface area contributed by atoms with Crippen LogP contribution in [0.15, 0.2) is 23.5 Å². The molecule has 1 unspecified atom stereocenters. The first-order valence-corrected chi connectivity index (χ1v) is 5.54. The summed E-state index contributed by atoms with van der Waals surface area (Å²) in [5.41, 5.74) is 4.24. The van der Waals surface area contributed by atoms with Crippen molar-refractivity contribution < 1.29 is 23.2 Å². The topological polar surface area (TPSA) is 101 Å². The van der Waals surface area contributed by atoms with Gasteiger partial charge >= 0.3 is 6.18 Å². The molecular weight excluding hydrogens is 277 g/mol. The minimum Gasteiger partial charge on any atom is -0.409 e. The number of nitrogens with one attached hydrogen (secondary N) is 1. The van der Waals surface area contributed by atoms with Gasteiger partial charge in [0.15, 0.2) is 0 Å². The maximum absolute atomic E-state index is 12.3. The van der Waals surface area contributed by atoms with E-state index in [1.165, 1.54) is 0 Å². The molecule has 0 aliphatic carbocycles. The molecule has 1 rings (SSSR count). The molecule has 110 valence electrons. The number of pyridine rings is 1. The van der Waals surface area contributed by atoms with E-state index in [1.807, 2.05) is 0 Å². The Morgan fingerprint density at radius 3 is 2.65 bits per heavy atom. The lowest BCUT2D eigenvalue weighted by atomic mass is 10.1. The van der Waals surface area contributed by atoms with Crippen molar-refractivity contribution in [2.24, 2.45) is 16.8 Å². The Labute approximate surface area is 112 Å². The third kappa shape index (κ3) is 4.11. The average Bonchev–Trinajstić information content (AvgIpc) is 2.42. The van der Waals surface area contributed by atoms with Gasteiger partial charge in [-0.2, -0.15) is 13.2 Å². The van der Waals surface area contributed by atoms with Crippen LogP contribution >= 0.6 is 0 Å². The second kappa shape index (κ2) is 6.22. The van der Waals surface area contributed by atoms with Gasteiger partial charge in [0.2, 0.25) is 0 Å². The molecule has 0 aliphatic heterocycles. The van der Waals surface area contributed by atoms with Crippen molar-refractivity contribution >= 4 is 11.7 Å². The lowest BCUT2D eigenvalue weighted by Gasteiger charge is -2.11. The van der Waals surface area contributed by atoms with Crippen LogP contribution in [0.4, 0.5) is 13.2 Å². The van der Waals surface area contributed by atoms with Gasteiger partial charge in [0.25, 0.3) is 5.91 Å². The van der Waals surface area contributed by atoms with Crippen molar-refractivity contribution in [2.75, 3.05) is 6.54 Å². The lowest BCUT2D eigenvalue weighted by molar-refractivity contribution is -0.137. The highest BCUT2D eigenvalue weighted by Crippen LogP contribution is 2.28. The molecule has 0 fully saturated rings. The van der Waals surface area contributed by atoms with Crippen LogP contribution in [-0.4, -0.2) is 28.5 Å². The van der Waals surface area contributed by atoms with Gasteiger partial charge in [-0.3, -0.25) is 9.78 Å². The highest BCUT2D eigenvalue weighted by atomic mass is 19.4. The number of halogens is 3. The number of nitrogens with two attached hydrogens (primary N) is 1. The second-order valence-electron chi connectivity index (χ2n) is 4.07. The van der Waals surface area contributed by atoms with E-state index in [4.69, 9.17) is 10.9 Å². The van der Waals surface area contributed by atoms with Crippen molar-refractivity contribution in [3.05, 3.63) is 29.6 Å². The normalized spacial score (nSPS) is 13.9. The van der Waals surface area contributed by atoms with Gasteiger partial charge in [-0.1, -0.05) is 12.1 Å². The molecule has 4 N–H and O–H groups in total. The highest BCUT2D eigenvalue weighted by molar-refractivity contribution is 5.92. The van der Waals surface area contributed by atoms with Crippen LogP contribution in [0.5, 0.6) is 0 Å². The predicted molar refractivity (Wildman–Crippen MR) is 64.1 cm³/mol. The maximum Gasteiger partial charge on any atom is 0.417 e. The van der Waals surface area contributed by atoms with Crippen LogP contribution in [0.1, 0.15) is 23.0 Å². The molecule has 0 spiro atoms. The smallest absolute Gasteiger partial charge is 0.409 e. The standard InChI is InChI=1S/C11H13F3N4O2/c1-6(9(15)18-20)4-17-10(19)8-3-2-7(5-16-8)11(12,13)14/h2-3,5-6,20H,4H2,1H3,(H2,15,18)(H,17,19). The molecule has 1 aromatic rings. The molecule has 0 bridgehead atoms. The summed E-state index contributed by atoms with van der Waals surface area (Å²) in [5.74, 6) is -1.12. The van der Waals surface area contributed by atoms with E-state index in [0.29, 0.717) is 6.20 Å². The molecule has 9 heteroatoms. The first-order valence-electron chi connectivity index (χ1n) is 5.54. The number of amidine groups is 1. The van der Waals surface area contributed by atoms with E-state index < -0.39 is 23.6 Å². The Morgan fingerprint density at radius 1 is 1.55 bits per heavy atom. The quantitative estimate of drug-likeness (QED) is 0.336. The Morgan fingerprint density at radius 2 is 2.20 bits per heavy atom. The van der Waals surface area contributed by atoms with Crippen molar-refractivity contribution in [2.45, 2.75) is 13.1 Å². The van der Waals surface area contributed by atoms with Crippen molar-refractivity contribution in [1.29, 1.82) is 0 Å². The Hall–Kier alpha value is -2.32. The number of oxime groups is 1. The molecule has 1 atom stereocenters. The van der Waals surface area contributed by atoms with Crippen LogP contribution in [0.3, 0.4) is 0 Å². The molecule has 1 heterocycles. The minimum absolute atomic E-state index is 0.0642. The van der Waals surface area contributed by atoms with E-state index in [2.05, 4.69) is 15.5 Å². The summed E-state index contributed by atoms with van der Waals surface area (Å²) in [6, 6.07) is 1.75. The lowest BCUT2D eigenvalue weighted by Crippen LogP contribution is -2.35. The molecule has 0 aromatic carbocycles. The number of nitrogens with zero attached hydrogens (tertiary/aromatic N) is 2. The van der Waals surface area contributed by atoms with Crippen LogP contribution in [0, 0.1) is 5.92 Å². The largest absolute Gasteiger partial charge is 0.417 e. The summed E-state index contributed by atoms with van der Waals surface area (Å²) >= 11 is 0. The van der Waals surface area contributed by atoms with Crippen molar-refractivity contribution in [1.82, 2.24) is 10.3 Å². The van der Waals surface area contributed by atoms with Gasteiger partial charge in [0.1, 0.15) is 11.5 Å². The van der Waals surface area contributed by atoms with Crippen molar-refractivity contribution in [3.8, 4) is 0 Å². The van der Waals surface area contributed by atoms with Crippen molar-refractivity contribution in [3.63, 3.8) is 0 Å². The number of aromatic nitrogens is 1. The molecule has 1 amide bonds. The van der Waals surface area contributed by atoms with Gasteiger partial charge in [0.05, 0.1) is 5.56 Å². The number of carbonyl (C=O) groups excluding carboxylic acids is 1. The number of rotatable bonds is 4. The zero-order chi connectivity index (χ0) is 15.3. The fraction of sp³-hybridized carbons (Fsp3) is 0.364. The average molecular weight is 290 g/mol. The van der Waals surface area contributed by atoms with Gasteiger partial charge in [-0.05, 0) is 12.1 Å². The molecule has 0 saturated carbocycles. The van der Waals surface area contributed by atoms with Gasteiger partial charge in [-0.25, -0.2) is 0 Å². The number of hydrogen-bond donors (Lipinski definition) is 3. The fourth-order valence-corrected chi connectivity index (χ4v) is 1.24. The summed E-state index contributed by atoms with van der Waals surface area (Å²) in [7, 11) is 0. The van der Waals surface area contributed by atoms with E-state index in [1.54, 1.807) is 6.92 Å². The molecule has 0 radical (unpaired) electrons. The third-order valence-corrected chi connectivity index (χ3v) is 2.51. The predicted octanol–water partition coefficient (Wildman–Crippen LogP) is 1.21. The Balaban J connectivity index is 2.65. The zero-order valence-electron chi connectivity index (χ0n) is 10.5. The molecular formula is C11H13F3N4O2. The Bertz CT molecular complexity index is 499. The summed E-state index contributed by atoms with van der Waals surface area (Å²) in [6.07, 6.45) is -3.91. The number of carbonyl (C=O) groups is 1. The van der Waals surface area contributed by atoms with Crippen LogP contribution in [0.2, 0.25) is 0 Å². The first kappa shape index (κ1) is 15.7. The van der Waals surface area contributed by atoms with E-state index in [9.17, 15) is 18.0 Å². The maximum atomic E-state index is 12.3. The highest BCUT2D eigenvalue weighted by Gasteiger charge is 2.30. The summed E-state index contributed by atoms with van der Waals surface area (Å²) in [6.45, 7) is 1.67. The summed E-state index contributed by atoms with van der Waals surface area (Å²) < 4.78 is 36.9. The molecule has 1 aromatic heterocycles. The number of amides is 1. The number of hydrogen-bond acceptors (Lipinski definition) is 4. The van der Waals surface area contributed by atoms with Gasteiger partial charge < -0.3 is 16.3 Å². The summed E-state index contributed by atoms with van der Waals surface area (Å²) in [4.78, 5) is 15.1. The second-order valence-corrected chi connectivity index (χ2v) is 4.07. The minimum atomic E-state index is -4.50.